The molecule has 0 atom stereocenters. The molecule has 0 spiro atoms. The maximum absolute atomic E-state index is 4.60. The third kappa shape index (κ3) is 2.77. The third-order valence-electron chi connectivity index (χ3n) is 3.23. The van der Waals surface area contributed by atoms with E-state index in [-0.39, 0.29) is 0 Å². The van der Waals surface area contributed by atoms with Crippen LogP contribution in [0.2, 0.25) is 0 Å². The molecule has 0 fully saturated rings. The average Bonchev–Trinajstić information content (AvgIpc) is 3.22. The Morgan fingerprint density at radius 2 is 2.09 bits per heavy atom. The number of aromatic nitrogens is 5. The molecule has 0 aliphatic heterocycles. The average molecular weight is 327 g/mol. The fraction of sp³-hybridized carbons (Fsp3) is 0.133. The molecule has 4 aromatic heterocycles. The molecule has 4 rings (SSSR count). The first-order valence-corrected chi connectivity index (χ1v) is 8.70. The van der Waals surface area contributed by atoms with Crippen molar-refractivity contribution in [2.45, 2.75) is 17.5 Å². The Hall–Kier alpha value is -2.12. The maximum atomic E-state index is 4.60. The summed E-state index contributed by atoms with van der Waals surface area (Å²) >= 11 is 3.35. The second-order valence-corrected chi connectivity index (χ2v) is 6.59. The molecule has 5 nitrogen and oxygen atoms in total. The van der Waals surface area contributed by atoms with Gasteiger partial charge in [0.05, 0.1) is 17.9 Å². The van der Waals surface area contributed by atoms with Gasteiger partial charge in [-0.15, -0.1) is 11.3 Å². The Kier molecular flexibility index (Phi) is 3.65. The van der Waals surface area contributed by atoms with Crippen molar-refractivity contribution < 1.29 is 0 Å². The van der Waals surface area contributed by atoms with E-state index in [1.807, 2.05) is 48.4 Å². The highest BCUT2D eigenvalue weighted by atomic mass is 32.2. The topological polar surface area (TPSA) is 48.0 Å². The van der Waals surface area contributed by atoms with Gasteiger partial charge >= 0.3 is 0 Å². The van der Waals surface area contributed by atoms with Crippen molar-refractivity contribution in [1.82, 2.24) is 23.9 Å². The molecular formula is C15H13N5S2. The van der Waals surface area contributed by atoms with Gasteiger partial charge in [0, 0.05) is 42.1 Å². The monoisotopic (exact) mass is 327 g/mol. The summed E-state index contributed by atoms with van der Waals surface area (Å²) < 4.78 is 4.17. The first-order chi connectivity index (χ1) is 10.9. The second kappa shape index (κ2) is 5.94. The Bertz CT molecular complexity index is 849. The van der Waals surface area contributed by atoms with E-state index >= 15 is 0 Å². The van der Waals surface area contributed by atoms with Gasteiger partial charge in [0.25, 0.3) is 0 Å². The Morgan fingerprint density at radius 1 is 1.09 bits per heavy atom. The first kappa shape index (κ1) is 13.5. The van der Waals surface area contributed by atoms with Crippen molar-refractivity contribution in [1.29, 1.82) is 0 Å². The van der Waals surface area contributed by atoms with Crippen molar-refractivity contribution >= 4 is 28.1 Å². The first-order valence-electron chi connectivity index (χ1n) is 6.83. The summed E-state index contributed by atoms with van der Waals surface area (Å²) in [7, 11) is 0. The minimum atomic E-state index is 0.738. The molecule has 4 aromatic rings. The molecule has 0 saturated carbocycles. The van der Waals surface area contributed by atoms with Crippen molar-refractivity contribution in [3.63, 3.8) is 0 Å². The number of thioether (sulfide) groups is 1. The number of nitrogens with zero attached hydrogens (tertiary/aromatic N) is 5. The molecule has 110 valence electrons. The van der Waals surface area contributed by atoms with Gasteiger partial charge in [-0.25, -0.2) is 9.97 Å². The Balaban J connectivity index is 1.47. The molecule has 0 aliphatic rings. The van der Waals surface area contributed by atoms with Crippen LogP contribution in [0.4, 0.5) is 0 Å². The van der Waals surface area contributed by atoms with Crippen molar-refractivity contribution in [2.24, 2.45) is 0 Å². The highest BCUT2D eigenvalue weighted by Gasteiger charge is 2.08. The maximum Gasteiger partial charge on any atom is 0.193 e. The SMILES string of the molecule is c1ccc(Cn2ccnc2SCc2cn3ccsc3n2)nc1. The second-order valence-electron chi connectivity index (χ2n) is 4.77. The van der Waals surface area contributed by atoms with Gasteiger partial charge < -0.3 is 4.57 Å². The number of hydrogen-bond donors (Lipinski definition) is 0. The minimum Gasteiger partial charge on any atom is -0.320 e. The number of pyridine rings is 1. The van der Waals surface area contributed by atoms with Crippen LogP contribution in [-0.4, -0.2) is 23.9 Å². The molecular weight excluding hydrogens is 314 g/mol. The number of thiazole rings is 1. The molecule has 0 radical (unpaired) electrons. The van der Waals surface area contributed by atoms with E-state index in [0.29, 0.717) is 0 Å². The molecule has 0 aliphatic carbocycles. The number of rotatable bonds is 5. The Labute approximate surface area is 135 Å². The van der Waals surface area contributed by atoms with Gasteiger partial charge in [0.15, 0.2) is 10.1 Å². The normalized spacial score (nSPS) is 11.3. The zero-order chi connectivity index (χ0) is 14.8. The summed E-state index contributed by atoms with van der Waals surface area (Å²) in [6, 6.07) is 5.96. The summed E-state index contributed by atoms with van der Waals surface area (Å²) in [5.74, 6) is 0.813. The van der Waals surface area contributed by atoms with Crippen LogP contribution in [0.25, 0.3) is 4.96 Å². The van der Waals surface area contributed by atoms with Crippen LogP contribution in [0.3, 0.4) is 0 Å². The van der Waals surface area contributed by atoms with E-state index < -0.39 is 0 Å². The van der Waals surface area contributed by atoms with Gasteiger partial charge in [0.1, 0.15) is 0 Å². The van der Waals surface area contributed by atoms with Gasteiger partial charge in [-0.05, 0) is 12.1 Å². The van der Waals surface area contributed by atoms with E-state index in [0.717, 1.165) is 33.8 Å². The van der Waals surface area contributed by atoms with Crippen LogP contribution in [0, 0.1) is 0 Å². The standard InChI is InChI=1S/C15H13N5S2/c1-2-4-16-12(3-1)9-19-6-5-17-14(19)22-11-13-10-20-7-8-21-15(20)18-13/h1-8,10H,9,11H2. The number of hydrogen-bond acceptors (Lipinski definition) is 5. The zero-order valence-corrected chi connectivity index (χ0v) is 13.3. The zero-order valence-electron chi connectivity index (χ0n) is 11.7. The molecule has 0 unspecified atom stereocenters. The highest BCUT2D eigenvalue weighted by molar-refractivity contribution is 7.98. The van der Waals surface area contributed by atoms with Crippen LogP contribution < -0.4 is 0 Å². The van der Waals surface area contributed by atoms with Crippen LogP contribution in [0.1, 0.15) is 11.4 Å². The van der Waals surface area contributed by atoms with Crippen LogP contribution >= 0.6 is 23.1 Å². The summed E-state index contributed by atoms with van der Waals surface area (Å²) in [6.45, 7) is 0.738. The van der Waals surface area contributed by atoms with Gasteiger partial charge in [-0.3, -0.25) is 9.38 Å². The van der Waals surface area contributed by atoms with Crippen LogP contribution in [0.15, 0.2) is 59.7 Å². The third-order valence-corrected chi connectivity index (χ3v) is 5.04. The van der Waals surface area contributed by atoms with Crippen molar-refractivity contribution in [3.8, 4) is 0 Å². The molecule has 22 heavy (non-hydrogen) atoms. The Morgan fingerprint density at radius 3 is 2.95 bits per heavy atom. The van der Waals surface area contributed by atoms with Gasteiger partial charge in [-0.1, -0.05) is 17.8 Å². The summed E-state index contributed by atoms with van der Waals surface area (Å²) in [4.78, 5) is 14.4. The van der Waals surface area contributed by atoms with E-state index in [2.05, 4.69) is 30.1 Å². The summed E-state index contributed by atoms with van der Waals surface area (Å²) in [5, 5.41) is 3.03. The molecule has 0 saturated heterocycles. The lowest BCUT2D eigenvalue weighted by Crippen LogP contribution is -2.02. The van der Waals surface area contributed by atoms with E-state index in [4.69, 9.17) is 0 Å². The van der Waals surface area contributed by atoms with Crippen LogP contribution in [-0.2, 0) is 12.3 Å². The van der Waals surface area contributed by atoms with E-state index in [9.17, 15) is 0 Å². The smallest absolute Gasteiger partial charge is 0.193 e. The number of fused-ring (bicyclic) bond motifs is 1. The van der Waals surface area contributed by atoms with Crippen molar-refractivity contribution in [2.75, 3.05) is 0 Å². The number of imidazole rings is 2. The van der Waals surface area contributed by atoms with Gasteiger partial charge in [-0.2, -0.15) is 0 Å². The molecule has 0 bridgehead atoms. The predicted octanol–water partition coefficient (Wildman–Crippen LogP) is 3.33. The summed E-state index contributed by atoms with van der Waals surface area (Å²) in [5.41, 5.74) is 2.11. The largest absolute Gasteiger partial charge is 0.320 e. The molecule has 7 heteroatoms. The molecule has 0 N–H and O–H groups in total. The molecule has 0 aromatic carbocycles. The fourth-order valence-electron chi connectivity index (χ4n) is 2.21. The molecule has 4 heterocycles. The quantitative estimate of drug-likeness (QED) is 0.528. The lowest BCUT2D eigenvalue weighted by atomic mass is 10.3. The lowest BCUT2D eigenvalue weighted by Gasteiger charge is -2.06. The van der Waals surface area contributed by atoms with Crippen LogP contribution in [0.5, 0.6) is 0 Å². The van der Waals surface area contributed by atoms with Crippen molar-refractivity contribution in [3.05, 3.63) is 66.0 Å². The molecule has 0 amide bonds. The van der Waals surface area contributed by atoms with Gasteiger partial charge in [0.2, 0.25) is 0 Å². The van der Waals surface area contributed by atoms with E-state index in [1.54, 1.807) is 23.1 Å². The summed E-state index contributed by atoms with van der Waals surface area (Å²) in [6.07, 6.45) is 9.74. The predicted molar refractivity (Wildman–Crippen MR) is 88.2 cm³/mol. The van der Waals surface area contributed by atoms with E-state index in [1.165, 1.54) is 0 Å². The minimum absolute atomic E-state index is 0.738. The highest BCUT2D eigenvalue weighted by Crippen LogP contribution is 2.22. The lowest BCUT2D eigenvalue weighted by molar-refractivity contribution is 0.693. The fourth-order valence-corrected chi connectivity index (χ4v) is 3.77.